The number of rotatable bonds is 4. The van der Waals surface area contributed by atoms with Gasteiger partial charge in [-0.2, -0.15) is 8.42 Å². The summed E-state index contributed by atoms with van der Waals surface area (Å²) in [4.78, 5) is 19.1. The molecule has 2 aliphatic rings. The molecule has 2 aromatic rings. The van der Waals surface area contributed by atoms with E-state index in [0.717, 1.165) is 25.0 Å². The SMILES string of the molecule is Cc1cc(C(=O)N2CCCC[C@@H]2COc2cccc3c2C(N)=NS(=O)(=O)N3)ccn1. The van der Waals surface area contributed by atoms with Crippen molar-refractivity contribution in [3.8, 4) is 5.75 Å². The fourth-order valence-electron chi connectivity index (χ4n) is 3.81. The van der Waals surface area contributed by atoms with Gasteiger partial charge in [0.05, 0.1) is 17.3 Å². The van der Waals surface area contributed by atoms with E-state index in [2.05, 4.69) is 14.1 Å². The van der Waals surface area contributed by atoms with Crippen LogP contribution in [-0.2, 0) is 10.2 Å². The lowest BCUT2D eigenvalue weighted by molar-refractivity contribution is 0.0528. The van der Waals surface area contributed by atoms with Gasteiger partial charge in [-0.25, -0.2) is 0 Å². The molecule has 30 heavy (non-hydrogen) atoms. The second-order valence-electron chi connectivity index (χ2n) is 7.38. The number of likely N-dealkylation sites (tertiary alicyclic amines) is 1. The third-order valence-corrected chi connectivity index (χ3v) is 6.12. The number of fused-ring (bicyclic) bond motifs is 1. The summed E-state index contributed by atoms with van der Waals surface area (Å²) in [6, 6.07) is 8.39. The first kappa shape index (κ1) is 20.1. The van der Waals surface area contributed by atoms with Crippen molar-refractivity contribution >= 4 is 27.6 Å². The van der Waals surface area contributed by atoms with E-state index in [9.17, 15) is 13.2 Å². The molecule has 10 heteroatoms. The molecule has 0 radical (unpaired) electrons. The van der Waals surface area contributed by atoms with Crippen LogP contribution in [0.3, 0.4) is 0 Å². The largest absolute Gasteiger partial charge is 0.491 e. The molecule has 1 fully saturated rings. The molecular formula is C20H23N5O4S. The summed E-state index contributed by atoms with van der Waals surface area (Å²) in [5.74, 6) is 0.259. The standard InChI is InChI=1S/C20H23N5O4S/c1-13-11-14(8-9-22-13)20(26)25-10-3-2-5-15(25)12-29-17-7-4-6-16-18(17)19(21)24-30(27,28)23-16/h4,6-9,11,15,23H,2-3,5,10,12H2,1H3,(H2,21,24)/t15-/m1/s1. The summed E-state index contributed by atoms with van der Waals surface area (Å²) in [7, 11) is -3.85. The number of hydrogen-bond donors (Lipinski definition) is 2. The van der Waals surface area contributed by atoms with E-state index in [1.165, 1.54) is 0 Å². The highest BCUT2D eigenvalue weighted by molar-refractivity contribution is 7.91. The van der Waals surface area contributed by atoms with Crippen molar-refractivity contribution in [3.05, 3.63) is 53.3 Å². The highest BCUT2D eigenvalue weighted by atomic mass is 32.2. The molecule has 9 nitrogen and oxygen atoms in total. The monoisotopic (exact) mass is 429 g/mol. The second kappa shape index (κ2) is 7.94. The Kier molecular flexibility index (Phi) is 5.33. The molecule has 158 valence electrons. The van der Waals surface area contributed by atoms with Gasteiger partial charge in [-0.05, 0) is 50.5 Å². The third kappa shape index (κ3) is 4.09. The van der Waals surface area contributed by atoms with Crippen LogP contribution >= 0.6 is 0 Å². The molecule has 1 atom stereocenters. The van der Waals surface area contributed by atoms with Crippen LogP contribution in [0.1, 0.15) is 40.9 Å². The number of nitrogens with one attached hydrogen (secondary N) is 1. The molecule has 1 aromatic heterocycles. The Labute approximate surface area is 175 Å². The maximum atomic E-state index is 13.1. The Morgan fingerprint density at radius 1 is 1.33 bits per heavy atom. The van der Waals surface area contributed by atoms with Gasteiger partial charge in [0.15, 0.2) is 5.84 Å². The molecule has 1 amide bonds. The second-order valence-corrected chi connectivity index (χ2v) is 8.71. The highest BCUT2D eigenvalue weighted by Gasteiger charge is 2.29. The van der Waals surface area contributed by atoms with Gasteiger partial charge in [0.2, 0.25) is 0 Å². The van der Waals surface area contributed by atoms with Gasteiger partial charge in [0, 0.05) is 24.0 Å². The van der Waals surface area contributed by atoms with Gasteiger partial charge >= 0.3 is 10.2 Å². The number of amidine groups is 1. The number of aryl methyl sites for hydroxylation is 1. The Morgan fingerprint density at radius 3 is 2.97 bits per heavy atom. The normalized spacial score (nSPS) is 20.0. The number of piperidine rings is 1. The fraction of sp³-hybridized carbons (Fsp3) is 0.350. The molecule has 4 rings (SSSR count). The van der Waals surface area contributed by atoms with Gasteiger partial charge in [0.25, 0.3) is 5.91 Å². The lowest BCUT2D eigenvalue weighted by Crippen LogP contribution is -2.46. The minimum Gasteiger partial charge on any atom is -0.491 e. The number of aromatic nitrogens is 1. The van der Waals surface area contributed by atoms with E-state index < -0.39 is 10.2 Å². The molecule has 0 spiro atoms. The van der Waals surface area contributed by atoms with Crippen LogP contribution in [0.2, 0.25) is 0 Å². The Morgan fingerprint density at radius 2 is 2.17 bits per heavy atom. The Bertz CT molecular complexity index is 1120. The predicted molar refractivity (Wildman–Crippen MR) is 113 cm³/mol. The van der Waals surface area contributed by atoms with Gasteiger partial charge in [-0.3, -0.25) is 14.5 Å². The molecule has 0 aliphatic carbocycles. The summed E-state index contributed by atoms with van der Waals surface area (Å²) < 4.78 is 35.4. The van der Waals surface area contributed by atoms with E-state index in [1.54, 1.807) is 36.5 Å². The van der Waals surface area contributed by atoms with Crippen molar-refractivity contribution in [1.82, 2.24) is 9.88 Å². The average molecular weight is 430 g/mol. The summed E-state index contributed by atoms with van der Waals surface area (Å²) >= 11 is 0. The highest BCUT2D eigenvalue weighted by Crippen LogP contribution is 2.31. The average Bonchev–Trinajstić information content (AvgIpc) is 2.70. The van der Waals surface area contributed by atoms with Gasteiger partial charge < -0.3 is 15.4 Å². The number of nitrogens with zero attached hydrogens (tertiary/aromatic N) is 3. The number of benzene rings is 1. The van der Waals surface area contributed by atoms with Crippen molar-refractivity contribution in [2.24, 2.45) is 10.1 Å². The minimum atomic E-state index is -3.85. The van der Waals surface area contributed by atoms with E-state index in [-0.39, 0.29) is 24.4 Å². The molecule has 0 saturated carbocycles. The molecule has 1 aromatic carbocycles. The minimum absolute atomic E-state index is 0.0438. The van der Waals surface area contributed by atoms with E-state index >= 15 is 0 Å². The topological polar surface area (TPSA) is 127 Å². The van der Waals surface area contributed by atoms with Gasteiger partial charge in [-0.1, -0.05) is 6.07 Å². The Hall–Kier alpha value is -3.14. The van der Waals surface area contributed by atoms with E-state index in [1.807, 2.05) is 11.8 Å². The zero-order valence-corrected chi connectivity index (χ0v) is 17.4. The van der Waals surface area contributed by atoms with E-state index in [4.69, 9.17) is 10.5 Å². The molecule has 0 bridgehead atoms. The van der Waals surface area contributed by atoms with Crippen LogP contribution in [0.25, 0.3) is 0 Å². The maximum absolute atomic E-state index is 13.1. The number of nitrogens with two attached hydrogens (primary N) is 1. The predicted octanol–water partition coefficient (Wildman–Crippen LogP) is 1.84. The quantitative estimate of drug-likeness (QED) is 0.763. The number of hydrogen-bond acceptors (Lipinski definition) is 6. The van der Waals surface area contributed by atoms with Gasteiger partial charge in [-0.15, -0.1) is 4.40 Å². The van der Waals surface area contributed by atoms with Crippen LogP contribution in [0.15, 0.2) is 40.9 Å². The molecule has 3 heterocycles. The van der Waals surface area contributed by atoms with Crippen LogP contribution in [0.5, 0.6) is 5.75 Å². The lowest BCUT2D eigenvalue weighted by atomic mass is 10.0. The fourth-order valence-corrected chi connectivity index (χ4v) is 4.65. The number of carbonyl (C=O) groups excluding carboxylic acids is 1. The Balaban J connectivity index is 1.54. The van der Waals surface area contributed by atoms with Crippen molar-refractivity contribution in [3.63, 3.8) is 0 Å². The van der Waals surface area contributed by atoms with Gasteiger partial charge in [0.1, 0.15) is 12.4 Å². The number of amides is 1. The first-order valence-electron chi connectivity index (χ1n) is 9.72. The van der Waals surface area contributed by atoms with Crippen molar-refractivity contribution < 1.29 is 17.9 Å². The summed E-state index contributed by atoms with van der Waals surface area (Å²) in [6.45, 7) is 2.78. The number of carbonyl (C=O) groups is 1. The first-order chi connectivity index (χ1) is 14.3. The number of pyridine rings is 1. The summed E-state index contributed by atoms with van der Waals surface area (Å²) in [5.41, 5.74) is 8.01. The van der Waals surface area contributed by atoms with E-state index in [0.29, 0.717) is 29.1 Å². The molecule has 2 aliphatic heterocycles. The van der Waals surface area contributed by atoms with Crippen molar-refractivity contribution in [2.45, 2.75) is 32.2 Å². The zero-order chi connectivity index (χ0) is 21.3. The maximum Gasteiger partial charge on any atom is 0.344 e. The zero-order valence-electron chi connectivity index (χ0n) is 16.5. The molecular weight excluding hydrogens is 406 g/mol. The lowest BCUT2D eigenvalue weighted by Gasteiger charge is -2.36. The summed E-state index contributed by atoms with van der Waals surface area (Å²) in [5, 5.41) is 0. The third-order valence-electron chi connectivity index (χ3n) is 5.20. The number of anilines is 1. The first-order valence-corrected chi connectivity index (χ1v) is 11.2. The smallest absolute Gasteiger partial charge is 0.344 e. The van der Waals surface area contributed by atoms with Crippen molar-refractivity contribution in [1.29, 1.82) is 0 Å². The summed E-state index contributed by atoms with van der Waals surface area (Å²) in [6.07, 6.45) is 4.40. The van der Waals surface area contributed by atoms with Crippen LogP contribution in [0, 0.1) is 6.92 Å². The van der Waals surface area contributed by atoms with Crippen LogP contribution < -0.4 is 15.2 Å². The van der Waals surface area contributed by atoms with Crippen molar-refractivity contribution in [2.75, 3.05) is 17.9 Å². The molecule has 0 unspecified atom stereocenters. The molecule has 1 saturated heterocycles. The number of ether oxygens (including phenoxy) is 1. The van der Waals surface area contributed by atoms with Crippen LogP contribution in [0.4, 0.5) is 5.69 Å². The molecule has 3 N–H and O–H groups in total. The van der Waals surface area contributed by atoms with Crippen LogP contribution in [-0.4, -0.2) is 49.2 Å².